The van der Waals surface area contributed by atoms with Crippen LogP contribution < -0.4 is 4.90 Å². The largest absolute Gasteiger partial charge is 0.378 e. The van der Waals surface area contributed by atoms with E-state index in [-0.39, 0.29) is 17.9 Å². The van der Waals surface area contributed by atoms with Crippen LogP contribution in [0, 0.1) is 0 Å². The summed E-state index contributed by atoms with van der Waals surface area (Å²) in [5, 5.41) is 13.3. The fourth-order valence-corrected chi connectivity index (χ4v) is 3.81. The van der Waals surface area contributed by atoms with E-state index in [0.29, 0.717) is 6.42 Å². The predicted octanol–water partition coefficient (Wildman–Crippen LogP) is 1.47. The van der Waals surface area contributed by atoms with E-state index < -0.39 is 0 Å². The third-order valence-corrected chi connectivity index (χ3v) is 5.37. The van der Waals surface area contributed by atoms with E-state index in [2.05, 4.69) is 15.3 Å². The standard InChI is InChI=1S/C18H26N6O2/c1-22(2)16-6-5-15-19-20-18(24(15)21-16)13-7-9-23(10-8-13)17(25)12-14-4-3-11-26-14/h5-6,13-14H,3-4,7-12H2,1-2H3. The Labute approximate surface area is 153 Å². The van der Waals surface area contributed by atoms with Crippen LogP contribution in [0.2, 0.25) is 0 Å². The summed E-state index contributed by atoms with van der Waals surface area (Å²) in [4.78, 5) is 16.4. The van der Waals surface area contributed by atoms with Gasteiger partial charge in [0.25, 0.3) is 0 Å². The SMILES string of the molecule is CN(C)c1ccc2nnc(C3CCN(C(=O)CC4CCCO4)CC3)n2n1. The molecule has 4 heterocycles. The van der Waals surface area contributed by atoms with Gasteiger partial charge in [0, 0.05) is 39.7 Å². The molecule has 2 saturated heterocycles. The quantitative estimate of drug-likeness (QED) is 0.824. The number of carbonyl (C=O) groups excluding carboxylic acids is 1. The van der Waals surface area contributed by atoms with E-state index in [9.17, 15) is 4.79 Å². The molecule has 2 aliphatic rings. The average Bonchev–Trinajstić information content (AvgIpc) is 3.30. The molecule has 2 aliphatic heterocycles. The molecule has 1 amide bonds. The maximum Gasteiger partial charge on any atom is 0.225 e. The van der Waals surface area contributed by atoms with Gasteiger partial charge in [0.1, 0.15) is 5.82 Å². The van der Waals surface area contributed by atoms with Crippen LogP contribution >= 0.6 is 0 Å². The first kappa shape index (κ1) is 17.2. The summed E-state index contributed by atoms with van der Waals surface area (Å²) in [6, 6.07) is 3.89. The van der Waals surface area contributed by atoms with Crippen molar-refractivity contribution in [3.05, 3.63) is 18.0 Å². The number of aromatic nitrogens is 4. The van der Waals surface area contributed by atoms with Gasteiger partial charge >= 0.3 is 0 Å². The molecule has 8 nitrogen and oxygen atoms in total. The lowest BCUT2D eigenvalue weighted by molar-refractivity contribution is -0.134. The zero-order valence-electron chi connectivity index (χ0n) is 15.5. The van der Waals surface area contributed by atoms with E-state index in [4.69, 9.17) is 4.74 Å². The number of carbonyl (C=O) groups is 1. The molecule has 0 aliphatic carbocycles. The lowest BCUT2D eigenvalue weighted by Gasteiger charge is -2.31. The summed E-state index contributed by atoms with van der Waals surface area (Å²) >= 11 is 0. The number of anilines is 1. The van der Waals surface area contributed by atoms with Crippen LogP contribution in [0.4, 0.5) is 5.82 Å². The Morgan fingerprint density at radius 1 is 1.23 bits per heavy atom. The predicted molar refractivity (Wildman–Crippen MR) is 97.3 cm³/mol. The first-order chi connectivity index (χ1) is 12.6. The molecule has 4 rings (SSSR count). The minimum absolute atomic E-state index is 0.120. The molecule has 2 aromatic heterocycles. The molecule has 0 saturated carbocycles. The fourth-order valence-electron chi connectivity index (χ4n) is 3.81. The van der Waals surface area contributed by atoms with Crippen molar-refractivity contribution < 1.29 is 9.53 Å². The van der Waals surface area contributed by atoms with Crippen molar-refractivity contribution in [2.24, 2.45) is 0 Å². The highest BCUT2D eigenvalue weighted by Gasteiger charge is 2.29. The van der Waals surface area contributed by atoms with Gasteiger partial charge in [-0.1, -0.05) is 0 Å². The number of amides is 1. The summed E-state index contributed by atoms with van der Waals surface area (Å²) < 4.78 is 7.44. The maximum atomic E-state index is 12.5. The molecule has 1 unspecified atom stereocenters. The molecule has 1 atom stereocenters. The van der Waals surface area contributed by atoms with E-state index in [1.807, 2.05) is 40.5 Å². The molecule has 2 fully saturated rings. The van der Waals surface area contributed by atoms with Gasteiger partial charge < -0.3 is 14.5 Å². The van der Waals surface area contributed by atoms with Gasteiger partial charge in [-0.2, -0.15) is 4.52 Å². The van der Waals surface area contributed by atoms with Crippen LogP contribution in [0.3, 0.4) is 0 Å². The number of likely N-dealkylation sites (tertiary alicyclic amines) is 1. The van der Waals surface area contributed by atoms with Crippen molar-refractivity contribution in [1.29, 1.82) is 0 Å². The lowest BCUT2D eigenvalue weighted by Crippen LogP contribution is -2.39. The number of piperidine rings is 1. The third-order valence-electron chi connectivity index (χ3n) is 5.37. The second-order valence-corrected chi connectivity index (χ2v) is 7.41. The zero-order chi connectivity index (χ0) is 18.1. The fraction of sp³-hybridized carbons (Fsp3) is 0.667. The smallest absolute Gasteiger partial charge is 0.225 e. The highest BCUT2D eigenvalue weighted by molar-refractivity contribution is 5.76. The number of ether oxygens (including phenoxy) is 1. The molecule has 26 heavy (non-hydrogen) atoms. The number of rotatable bonds is 4. The van der Waals surface area contributed by atoms with Crippen molar-refractivity contribution in [2.45, 2.75) is 44.1 Å². The van der Waals surface area contributed by atoms with E-state index in [1.54, 1.807) is 0 Å². The first-order valence-electron chi connectivity index (χ1n) is 9.41. The monoisotopic (exact) mass is 358 g/mol. The van der Waals surface area contributed by atoms with Gasteiger partial charge in [0.15, 0.2) is 11.5 Å². The van der Waals surface area contributed by atoms with E-state index in [1.165, 1.54) is 0 Å². The molecule has 2 aromatic rings. The van der Waals surface area contributed by atoms with Crippen molar-refractivity contribution in [3.8, 4) is 0 Å². The van der Waals surface area contributed by atoms with Gasteiger partial charge in [0.2, 0.25) is 5.91 Å². The number of hydrogen-bond donors (Lipinski definition) is 0. The van der Waals surface area contributed by atoms with Crippen molar-refractivity contribution in [3.63, 3.8) is 0 Å². The van der Waals surface area contributed by atoms with Crippen molar-refractivity contribution in [1.82, 2.24) is 24.7 Å². The van der Waals surface area contributed by atoms with E-state index >= 15 is 0 Å². The molecule has 140 valence electrons. The molecular weight excluding hydrogens is 332 g/mol. The topological polar surface area (TPSA) is 75.9 Å². The highest BCUT2D eigenvalue weighted by atomic mass is 16.5. The van der Waals surface area contributed by atoms with Crippen molar-refractivity contribution in [2.75, 3.05) is 38.7 Å². The van der Waals surface area contributed by atoms with Crippen LogP contribution in [0.1, 0.15) is 43.8 Å². The van der Waals surface area contributed by atoms with Crippen LogP contribution in [-0.2, 0) is 9.53 Å². The maximum absolute atomic E-state index is 12.5. The van der Waals surface area contributed by atoms with Gasteiger partial charge in [0.05, 0.1) is 12.5 Å². The summed E-state index contributed by atoms with van der Waals surface area (Å²) in [7, 11) is 3.94. The van der Waals surface area contributed by atoms with Gasteiger partial charge in [-0.15, -0.1) is 15.3 Å². The van der Waals surface area contributed by atoms with E-state index in [0.717, 1.165) is 62.7 Å². The minimum atomic E-state index is 0.120. The first-order valence-corrected chi connectivity index (χ1v) is 9.41. The molecule has 0 aromatic carbocycles. The van der Waals surface area contributed by atoms with Crippen molar-refractivity contribution >= 4 is 17.4 Å². The Morgan fingerprint density at radius 2 is 2.04 bits per heavy atom. The zero-order valence-corrected chi connectivity index (χ0v) is 15.5. The summed E-state index contributed by atoms with van der Waals surface area (Å²) in [6.07, 6.45) is 4.51. The number of hydrogen-bond acceptors (Lipinski definition) is 6. The summed E-state index contributed by atoms with van der Waals surface area (Å²) in [5.41, 5.74) is 0.766. The molecule has 8 heteroatoms. The summed E-state index contributed by atoms with van der Waals surface area (Å²) in [5.74, 6) is 2.27. The Balaban J connectivity index is 1.42. The Bertz CT molecular complexity index is 775. The second kappa shape index (κ2) is 7.19. The molecule has 0 radical (unpaired) electrons. The molecule has 0 bridgehead atoms. The third kappa shape index (κ3) is 3.38. The average molecular weight is 358 g/mol. The van der Waals surface area contributed by atoms with Gasteiger partial charge in [-0.25, -0.2) is 0 Å². The Hall–Kier alpha value is -2.22. The van der Waals surface area contributed by atoms with Crippen LogP contribution in [0.5, 0.6) is 0 Å². The van der Waals surface area contributed by atoms with Crippen LogP contribution in [0.25, 0.3) is 5.65 Å². The Morgan fingerprint density at radius 3 is 2.73 bits per heavy atom. The summed E-state index contributed by atoms with van der Waals surface area (Å²) in [6.45, 7) is 2.32. The van der Waals surface area contributed by atoms with Crippen LogP contribution in [0.15, 0.2) is 12.1 Å². The molecule has 0 N–H and O–H groups in total. The molecule has 0 spiro atoms. The van der Waals surface area contributed by atoms with Gasteiger partial charge in [-0.3, -0.25) is 4.79 Å². The normalized spacial score (nSPS) is 21.5. The van der Waals surface area contributed by atoms with Crippen LogP contribution in [-0.4, -0.2) is 70.5 Å². The second-order valence-electron chi connectivity index (χ2n) is 7.41. The number of nitrogens with zero attached hydrogens (tertiary/aromatic N) is 6. The lowest BCUT2D eigenvalue weighted by atomic mass is 9.95. The molecular formula is C18H26N6O2. The van der Waals surface area contributed by atoms with Gasteiger partial charge in [-0.05, 0) is 37.8 Å². The minimum Gasteiger partial charge on any atom is -0.378 e. The number of fused-ring (bicyclic) bond motifs is 1. The highest BCUT2D eigenvalue weighted by Crippen LogP contribution is 2.28. The Kier molecular flexibility index (Phi) is 4.76.